The Morgan fingerprint density at radius 1 is 1.29 bits per heavy atom. The number of ether oxygens (including phenoxy) is 1. The van der Waals surface area contributed by atoms with Crippen LogP contribution in [0.4, 0.5) is 0 Å². The van der Waals surface area contributed by atoms with Gasteiger partial charge < -0.3 is 9.15 Å². The number of carbonyl (C=O) groups excluding carboxylic acids is 1. The van der Waals surface area contributed by atoms with Crippen LogP contribution in [0.3, 0.4) is 0 Å². The molecule has 0 saturated carbocycles. The minimum absolute atomic E-state index is 0.256. The van der Waals surface area contributed by atoms with Crippen molar-refractivity contribution in [3.63, 3.8) is 0 Å². The predicted octanol–water partition coefficient (Wildman–Crippen LogP) is 5.46. The topological polar surface area (TPSA) is 39.4 Å². The third-order valence-corrected chi connectivity index (χ3v) is 4.20. The van der Waals surface area contributed by atoms with Crippen LogP contribution < -0.4 is 0 Å². The summed E-state index contributed by atoms with van der Waals surface area (Å²) in [6.07, 6.45) is 0. The number of halogens is 1. The highest BCUT2D eigenvalue weighted by molar-refractivity contribution is 9.10. The first-order chi connectivity index (χ1) is 10.1. The molecule has 0 aliphatic heterocycles. The van der Waals surface area contributed by atoms with Crippen LogP contribution in [0.15, 0.2) is 44.1 Å². The van der Waals surface area contributed by atoms with Gasteiger partial charge in [0, 0.05) is 20.7 Å². The molecule has 0 spiro atoms. The van der Waals surface area contributed by atoms with E-state index >= 15 is 0 Å². The first-order valence-corrected chi connectivity index (χ1v) is 8.44. The molecule has 1 aromatic carbocycles. The Morgan fingerprint density at radius 3 is 2.48 bits per heavy atom. The van der Waals surface area contributed by atoms with Crippen molar-refractivity contribution in [3.8, 4) is 0 Å². The molecule has 0 saturated heterocycles. The van der Waals surface area contributed by atoms with E-state index in [2.05, 4.69) is 20.7 Å². The lowest BCUT2D eigenvalue weighted by atomic mass is 10.3. The monoisotopic (exact) mass is 370 g/mol. The summed E-state index contributed by atoms with van der Waals surface area (Å²) in [5.41, 5.74) is 1.01. The van der Waals surface area contributed by atoms with Gasteiger partial charge in [0.15, 0.2) is 0 Å². The molecule has 21 heavy (non-hydrogen) atoms. The van der Waals surface area contributed by atoms with E-state index in [4.69, 9.17) is 4.42 Å². The second-order valence-electron chi connectivity index (χ2n) is 3.93. The van der Waals surface area contributed by atoms with Crippen LogP contribution in [0.1, 0.15) is 35.7 Å². The van der Waals surface area contributed by atoms with Gasteiger partial charge >= 0.3 is 5.97 Å². The molecule has 0 bridgehead atoms. The van der Waals surface area contributed by atoms with Crippen LogP contribution >= 0.6 is 27.7 Å². The largest absolute Gasteiger partial charge is 0.463 e. The molecule has 0 aliphatic carbocycles. The highest BCUT2D eigenvalue weighted by Gasteiger charge is 2.14. The zero-order valence-electron chi connectivity index (χ0n) is 12.6. The average Bonchev–Trinajstić information content (AvgIpc) is 2.89. The maximum Gasteiger partial charge on any atom is 0.373 e. The Morgan fingerprint density at radius 2 is 1.90 bits per heavy atom. The number of carbonyl (C=O) groups is 1. The molecule has 0 atom stereocenters. The molecule has 0 fully saturated rings. The van der Waals surface area contributed by atoms with Crippen LogP contribution in [0.25, 0.3) is 0 Å². The number of methoxy groups -OCH3 is 1. The molecule has 5 heteroatoms. The summed E-state index contributed by atoms with van der Waals surface area (Å²) in [6, 6.07) is 9.85. The summed E-state index contributed by atoms with van der Waals surface area (Å²) >= 11 is 5.10. The molecule has 114 valence electrons. The maximum atomic E-state index is 11.4. The van der Waals surface area contributed by atoms with E-state index in [1.165, 1.54) is 12.0 Å². The van der Waals surface area contributed by atoms with Crippen LogP contribution in [0, 0.1) is 6.92 Å². The molecule has 2 aromatic rings. The lowest BCUT2D eigenvalue weighted by Crippen LogP contribution is -1.98. The smallest absolute Gasteiger partial charge is 0.373 e. The molecule has 0 radical (unpaired) electrons. The fourth-order valence-electron chi connectivity index (χ4n) is 1.56. The van der Waals surface area contributed by atoms with Crippen molar-refractivity contribution in [1.29, 1.82) is 0 Å². The molecular weight excluding hydrogens is 352 g/mol. The number of furan rings is 1. The lowest BCUT2D eigenvalue weighted by Gasteiger charge is -2.00. The Kier molecular flexibility index (Phi) is 7.61. The molecule has 1 aromatic heterocycles. The van der Waals surface area contributed by atoms with Crippen LogP contribution in [-0.2, 0) is 10.5 Å². The third kappa shape index (κ3) is 5.25. The Labute approximate surface area is 138 Å². The zero-order chi connectivity index (χ0) is 15.8. The van der Waals surface area contributed by atoms with Gasteiger partial charge in [-0.1, -0.05) is 29.8 Å². The van der Waals surface area contributed by atoms with Gasteiger partial charge in [0.1, 0.15) is 5.76 Å². The maximum absolute atomic E-state index is 11.4. The summed E-state index contributed by atoms with van der Waals surface area (Å²) in [5, 5.41) is 0. The number of hydrogen-bond donors (Lipinski definition) is 0. The normalized spacial score (nSPS) is 9.76. The van der Waals surface area contributed by atoms with Crippen LogP contribution in [0.5, 0.6) is 0 Å². The molecule has 0 aliphatic rings. The van der Waals surface area contributed by atoms with Gasteiger partial charge in [-0.3, -0.25) is 0 Å². The average molecular weight is 371 g/mol. The summed E-state index contributed by atoms with van der Waals surface area (Å²) < 4.78 is 11.1. The molecule has 2 rings (SSSR count). The van der Waals surface area contributed by atoms with E-state index in [0.29, 0.717) is 0 Å². The summed E-state index contributed by atoms with van der Waals surface area (Å²) in [5.74, 6) is 1.33. The highest BCUT2D eigenvalue weighted by atomic mass is 79.9. The third-order valence-electron chi connectivity index (χ3n) is 2.62. The molecule has 0 N–H and O–H groups in total. The lowest BCUT2D eigenvalue weighted by molar-refractivity contribution is 0.0563. The first-order valence-electron chi connectivity index (χ1n) is 6.66. The van der Waals surface area contributed by atoms with E-state index in [1.54, 1.807) is 17.8 Å². The van der Waals surface area contributed by atoms with Gasteiger partial charge in [-0.25, -0.2) is 4.79 Å². The van der Waals surface area contributed by atoms with Gasteiger partial charge in [0.2, 0.25) is 5.76 Å². The summed E-state index contributed by atoms with van der Waals surface area (Å²) in [4.78, 5) is 12.5. The Hall–Kier alpha value is -1.20. The van der Waals surface area contributed by atoms with E-state index in [-0.39, 0.29) is 5.76 Å². The SMILES string of the molecule is CC.COC(=O)c1cc(CSc2ccc(Br)cc2)c(C)o1. The minimum Gasteiger partial charge on any atom is -0.463 e. The highest BCUT2D eigenvalue weighted by Crippen LogP contribution is 2.27. The van der Waals surface area contributed by atoms with Gasteiger partial charge in [-0.05, 0) is 37.3 Å². The Balaban J connectivity index is 0.00000106. The predicted molar refractivity (Wildman–Crippen MR) is 89.8 cm³/mol. The fourth-order valence-corrected chi connectivity index (χ4v) is 2.76. The quantitative estimate of drug-likeness (QED) is 0.529. The van der Waals surface area contributed by atoms with Crippen molar-refractivity contribution in [1.82, 2.24) is 0 Å². The van der Waals surface area contributed by atoms with E-state index in [0.717, 1.165) is 21.5 Å². The molecule has 1 heterocycles. The molecular formula is C16H19BrO3S. The van der Waals surface area contributed by atoms with Gasteiger partial charge in [-0.2, -0.15) is 0 Å². The molecule has 0 unspecified atom stereocenters. The zero-order valence-corrected chi connectivity index (χ0v) is 15.0. The summed E-state index contributed by atoms with van der Waals surface area (Å²) in [6.45, 7) is 5.85. The van der Waals surface area contributed by atoms with Crippen molar-refractivity contribution in [2.24, 2.45) is 0 Å². The fraction of sp³-hybridized carbons (Fsp3) is 0.312. The number of hydrogen-bond acceptors (Lipinski definition) is 4. The van der Waals surface area contributed by atoms with E-state index in [1.807, 2.05) is 45.0 Å². The number of benzene rings is 1. The number of aryl methyl sites for hydroxylation is 1. The Bertz CT molecular complexity index is 576. The van der Waals surface area contributed by atoms with Crippen LogP contribution in [-0.4, -0.2) is 13.1 Å². The standard InChI is InChI=1S/C14H13BrO3S.C2H6/c1-9-10(7-13(18-9)14(16)17-2)8-19-12-5-3-11(15)4-6-12;1-2/h3-7H,8H2,1-2H3;1-2H3. The van der Waals surface area contributed by atoms with Crippen molar-refractivity contribution in [3.05, 3.63) is 51.9 Å². The summed E-state index contributed by atoms with van der Waals surface area (Å²) in [7, 11) is 1.34. The number of rotatable bonds is 4. The van der Waals surface area contributed by atoms with E-state index < -0.39 is 5.97 Å². The van der Waals surface area contributed by atoms with Gasteiger partial charge in [0.25, 0.3) is 0 Å². The molecule has 0 amide bonds. The first kappa shape index (κ1) is 17.9. The second-order valence-corrected chi connectivity index (χ2v) is 5.89. The van der Waals surface area contributed by atoms with Crippen LogP contribution in [0.2, 0.25) is 0 Å². The second kappa shape index (κ2) is 8.95. The number of thioether (sulfide) groups is 1. The van der Waals surface area contributed by atoms with Gasteiger partial charge in [0.05, 0.1) is 7.11 Å². The van der Waals surface area contributed by atoms with Crippen molar-refractivity contribution >= 4 is 33.7 Å². The minimum atomic E-state index is -0.442. The number of esters is 1. The van der Waals surface area contributed by atoms with Crippen molar-refractivity contribution in [2.45, 2.75) is 31.4 Å². The van der Waals surface area contributed by atoms with Crippen molar-refractivity contribution < 1.29 is 13.9 Å². The van der Waals surface area contributed by atoms with Gasteiger partial charge in [-0.15, -0.1) is 11.8 Å². The van der Waals surface area contributed by atoms with E-state index in [9.17, 15) is 4.79 Å². The van der Waals surface area contributed by atoms with Crippen molar-refractivity contribution in [2.75, 3.05) is 7.11 Å². The molecule has 3 nitrogen and oxygen atoms in total.